The lowest BCUT2D eigenvalue weighted by Gasteiger charge is -2.14. The first kappa shape index (κ1) is 22.5. The zero-order chi connectivity index (χ0) is 22.0. The van der Waals surface area contributed by atoms with Crippen molar-refractivity contribution in [2.75, 3.05) is 0 Å². The fourth-order valence-electron chi connectivity index (χ4n) is 2.80. The molecular weight excluding hydrogens is 493 g/mol. The van der Waals surface area contributed by atoms with E-state index in [-0.39, 0.29) is 27.3 Å². The summed E-state index contributed by atoms with van der Waals surface area (Å²) in [5.41, 5.74) is 0.876. The van der Waals surface area contributed by atoms with E-state index in [1.807, 2.05) is 19.9 Å². The zero-order valence-corrected chi connectivity index (χ0v) is 19.5. The molecule has 0 aliphatic rings. The molecule has 1 aromatic heterocycles. The Morgan fingerprint density at radius 3 is 2.57 bits per heavy atom. The molecular formula is C21H18BrCl2N3O3. The number of ether oxygens (including phenoxy) is 1. The summed E-state index contributed by atoms with van der Waals surface area (Å²) in [5.74, 6) is 0.125. The monoisotopic (exact) mass is 509 g/mol. The summed E-state index contributed by atoms with van der Waals surface area (Å²) in [5, 5.41) is 5.15. The molecule has 30 heavy (non-hydrogen) atoms. The summed E-state index contributed by atoms with van der Waals surface area (Å²) in [6.07, 6.45) is 2.26. The van der Waals surface area contributed by atoms with Crippen LogP contribution < -0.4 is 10.3 Å². The lowest BCUT2D eigenvalue weighted by atomic mass is 10.1. The molecule has 6 nitrogen and oxygen atoms in total. The highest BCUT2D eigenvalue weighted by Gasteiger charge is 2.16. The molecule has 0 unspecified atom stereocenters. The number of esters is 1. The van der Waals surface area contributed by atoms with E-state index >= 15 is 0 Å². The summed E-state index contributed by atoms with van der Waals surface area (Å²) in [7, 11) is 0. The van der Waals surface area contributed by atoms with Gasteiger partial charge in [0.25, 0.3) is 5.56 Å². The van der Waals surface area contributed by atoms with Gasteiger partial charge in [0, 0.05) is 17.3 Å². The normalized spacial score (nSPS) is 12.5. The predicted molar refractivity (Wildman–Crippen MR) is 123 cm³/mol. The maximum atomic E-state index is 13.1. The molecule has 2 aromatic carbocycles. The Hall–Kier alpha value is -2.22. The van der Waals surface area contributed by atoms with Gasteiger partial charge in [-0.1, -0.05) is 53.0 Å². The Kier molecular flexibility index (Phi) is 6.95. The second-order valence-electron chi connectivity index (χ2n) is 6.71. The molecule has 1 heterocycles. The number of carbonyl (C=O) groups excluding carboxylic acids is 1. The van der Waals surface area contributed by atoms with Gasteiger partial charge >= 0.3 is 5.97 Å². The summed E-state index contributed by atoms with van der Waals surface area (Å²) in [4.78, 5) is 29.0. The standard InChI is InChI=1S/C21H18BrCl2N3O3/c1-4-11(2)20-26-18-6-5-14(22)9-15(18)21(29)27(20)25-10-13-7-16(23)19(17(24)8-13)30-12(3)28/h5-11H,4H2,1-3H3/t11-/m1/s1. The number of carbonyl (C=O) groups is 1. The van der Waals surface area contributed by atoms with Crippen molar-refractivity contribution in [3.8, 4) is 5.75 Å². The molecule has 0 saturated carbocycles. The van der Waals surface area contributed by atoms with E-state index in [1.165, 1.54) is 17.8 Å². The lowest BCUT2D eigenvalue weighted by molar-refractivity contribution is -0.131. The van der Waals surface area contributed by atoms with Crippen LogP contribution >= 0.6 is 39.1 Å². The van der Waals surface area contributed by atoms with Crippen LogP contribution in [0.1, 0.15) is 44.5 Å². The topological polar surface area (TPSA) is 73.6 Å². The molecule has 3 rings (SSSR count). The smallest absolute Gasteiger partial charge is 0.308 e. The summed E-state index contributed by atoms with van der Waals surface area (Å²) in [6, 6.07) is 8.46. The van der Waals surface area contributed by atoms with E-state index < -0.39 is 5.97 Å². The van der Waals surface area contributed by atoms with E-state index in [1.54, 1.807) is 24.3 Å². The Balaban J connectivity index is 2.12. The van der Waals surface area contributed by atoms with Crippen molar-refractivity contribution in [1.29, 1.82) is 0 Å². The first-order valence-corrected chi connectivity index (χ1v) is 10.7. The van der Waals surface area contributed by atoms with E-state index in [2.05, 4.69) is 26.0 Å². The van der Waals surface area contributed by atoms with Gasteiger partial charge in [0.05, 0.1) is 27.2 Å². The highest BCUT2D eigenvalue weighted by molar-refractivity contribution is 9.10. The van der Waals surface area contributed by atoms with Gasteiger partial charge in [-0.2, -0.15) is 9.78 Å². The van der Waals surface area contributed by atoms with Crippen molar-refractivity contribution in [2.45, 2.75) is 33.1 Å². The SMILES string of the molecule is CC[C@@H](C)c1nc2ccc(Br)cc2c(=O)n1N=Cc1cc(Cl)c(OC(C)=O)c(Cl)c1. The highest BCUT2D eigenvalue weighted by Crippen LogP contribution is 2.34. The Bertz CT molecular complexity index is 1200. The molecule has 9 heteroatoms. The summed E-state index contributed by atoms with van der Waals surface area (Å²) < 4.78 is 7.09. The number of hydrogen-bond donors (Lipinski definition) is 0. The molecule has 3 aromatic rings. The average molecular weight is 511 g/mol. The van der Waals surface area contributed by atoms with E-state index in [0.29, 0.717) is 22.3 Å². The molecule has 0 saturated heterocycles. The summed E-state index contributed by atoms with van der Waals surface area (Å²) >= 11 is 15.8. The van der Waals surface area contributed by atoms with E-state index in [0.717, 1.165) is 10.9 Å². The Morgan fingerprint density at radius 1 is 1.30 bits per heavy atom. The third kappa shape index (κ3) is 4.74. The number of benzene rings is 2. The molecule has 0 spiro atoms. The van der Waals surface area contributed by atoms with Crippen molar-refractivity contribution in [1.82, 2.24) is 9.66 Å². The molecule has 0 radical (unpaired) electrons. The third-order valence-electron chi connectivity index (χ3n) is 4.48. The largest absolute Gasteiger partial charge is 0.424 e. The number of rotatable bonds is 5. The van der Waals surface area contributed by atoms with Crippen molar-refractivity contribution in [3.05, 3.63) is 66.6 Å². The van der Waals surface area contributed by atoms with E-state index in [9.17, 15) is 9.59 Å². The van der Waals surface area contributed by atoms with Gasteiger partial charge in [0.2, 0.25) is 0 Å². The number of nitrogens with zero attached hydrogens (tertiary/aromatic N) is 3. The molecule has 0 N–H and O–H groups in total. The van der Waals surface area contributed by atoms with Gasteiger partial charge in [-0.05, 0) is 42.3 Å². The number of halogens is 3. The Labute approximate surface area is 191 Å². The van der Waals surface area contributed by atoms with Gasteiger partial charge in [0.1, 0.15) is 5.82 Å². The second kappa shape index (κ2) is 9.29. The average Bonchev–Trinajstić information content (AvgIpc) is 2.69. The van der Waals surface area contributed by atoms with Crippen LogP contribution in [0.5, 0.6) is 5.75 Å². The molecule has 0 amide bonds. The molecule has 1 atom stereocenters. The van der Waals surface area contributed by atoms with Crippen LogP contribution in [-0.2, 0) is 4.79 Å². The van der Waals surface area contributed by atoms with Crippen molar-refractivity contribution < 1.29 is 9.53 Å². The quantitative estimate of drug-likeness (QED) is 0.247. The van der Waals surface area contributed by atoms with Crippen molar-refractivity contribution in [3.63, 3.8) is 0 Å². The molecule has 0 fully saturated rings. The van der Waals surface area contributed by atoms with Crippen LogP contribution in [-0.4, -0.2) is 21.8 Å². The lowest BCUT2D eigenvalue weighted by Crippen LogP contribution is -2.23. The Morgan fingerprint density at radius 2 is 1.97 bits per heavy atom. The van der Waals surface area contributed by atoms with Crippen LogP contribution in [0.4, 0.5) is 0 Å². The van der Waals surface area contributed by atoms with Crippen molar-refractivity contribution >= 4 is 62.2 Å². The molecule has 0 aliphatic carbocycles. The minimum Gasteiger partial charge on any atom is -0.424 e. The minimum atomic E-state index is -0.529. The summed E-state index contributed by atoms with van der Waals surface area (Å²) in [6.45, 7) is 5.26. The van der Waals surface area contributed by atoms with Gasteiger partial charge < -0.3 is 4.74 Å². The zero-order valence-electron chi connectivity index (χ0n) is 16.4. The second-order valence-corrected chi connectivity index (χ2v) is 8.44. The molecule has 156 valence electrons. The van der Waals surface area contributed by atoms with Gasteiger partial charge in [0.15, 0.2) is 5.75 Å². The predicted octanol–water partition coefficient (Wildman–Crippen LogP) is 5.79. The number of hydrogen-bond acceptors (Lipinski definition) is 5. The van der Waals surface area contributed by atoms with Crippen LogP contribution in [0.15, 0.2) is 44.7 Å². The first-order valence-electron chi connectivity index (χ1n) is 9.15. The molecule has 0 aliphatic heterocycles. The fraction of sp³-hybridized carbons (Fsp3) is 0.238. The van der Waals surface area contributed by atoms with Crippen molar-refractivity contribution in [2.24, 2.45) is 5.10 Å². The minimum absolute atomic E-state index is 0.0152. The van der Waals surface area contributed by atoms with Gasteiger partial charge in [-0.3, -0.25) is 9.59 Å². The van der Waals surface area contributed by atoms with E-state index in [4.69, 9.17) is 27.9 Å². The number of aromatic nitrogens is 2. The highest BCUT2D eigenvalue weighted by atomic mass is 79.9. The van der Waals surface area contributed by atoms with Gasteiger partial charge in [-0.15, -0.1) is 0 Å². The molecule has 0 bridgehead atoms. The van der Waals surface area contributed by atoms with Crippen LogP contribution in [0.25, 0.3) is 10.9 Å². The fourth-order valence-corrected chi connectivity index (χ4v) is 3.74. The maximum absolute atomic E-state index is 13.1. The van der Waals surface area contributed by atoms with Gasteiger partial charge in [-0.25, -0.2) is 4.98 Å². The number of fused-ring (bicyclic) bond motifs is 1. The van der Waals surface area contributed by atoms with Crippen LogP contribution in [0, 0.1) is 0 Å². The first-order chi connectivity index (χ1) is 14.2. The van der Waals surface area contributed by atoms with Crippen LogP contribution in [0.2, 0.25) is 10.0 Å². The maximum Gasteiger partial charge on any atom is 0.308 e. The van der Waals surface area contributed by atoms with Crippen LogP contribution in [0.3, 0.4) is 0 Å². The third-order valence-corrected chi connectivity index (χ3v) is 5.53.